The lowest BCUT2D eigenvalue weighted by molar-refractivity contribution is -0.111. The number of hydrogen-bond donors (Lipinski definition) is 1. The zero-order chi connectivity index (χ0) is 22.4. The van der Waals surface area contributed by atoms with E-state index in [0.717, 1.165) is 5.56 Å². The fraction of sp³-hybridized carbons (Fsp3) is 0.174. The smallest absolute Gasteiger partial charge is 0.248 e. The number of hydrogen-bond acceptors (Lipinski definition) is 6. The third kappa shape index (κ3) is 5.43. The Kier molecular flexibility index (Phi) is 7.01. The lowest BCUT2D eigenvalue weighted by atomic mass is 10.2. The Morgan fingerprint density at radius 2 is 1.88 bits per heavy atom. The van der Waals surface area contributed by atoms with Gasteiger partial charge in [0, 0.05) is 19.2 Å². The number of nitrogens with zero attached hydrogens (tertiary/aromatic N) is 1. The van der Waals surface area contributed by atoms with E-state index in [1.165, 1.54) is 33.9 Å². The molecule has 2 heterocycles. The van der Waals surface area contributed by atoms with Crippen molar-refractivity contribution in [1.82, 2.24) is 4.31 Å². The van der Waals surface area contributed by atoms with Gasteiger partial charge in [-0.2, -0.15) is 15.6 Å². The van der Waals surface area contributed by atoms with Crippen LogP contribution in [0.25, 0.3) is 6.08 Å². The van der Waals surface area contributed by atoms with Crippen molar-refractivity contribution >= 4 is 39.0 Å². The largest absolute Gasteiger partial charge is 0.455 e. The first kappa shape index (κ1) is 22.2. The van der Waals surface area contributed by atoms with E-state index < -0.39 is 15.9 Å². The molecule has 9 heteroatoms. The number of morpholine rings is 1. The minimum absolute atomic E-state index is 0.0805. The fourth-order valence-corrected chi connectivity index (χ4v) is 5.19. The van der Waals surface area contributed by atoms with Crippen LogP contribution in [0, 0.1) is 0 Å². The molecule has 0 saturated carbocycles. The number of sulfonamides is 1. The van der Waals surface area contributed by atoms with E-state index in [9.17, 15) is 13.2 Å². The van der Waals surface area contributed by atoms with Crippen LogP contribution < -0.4 is 10.1 Å². The predicted octanol–water partition coefficient (Wildman–Crippen LogP) is 4.21. The van der Waals surface area contributed by atoms with Crippen molar-refractivity contribution in [2.24, 2.45) is 0 Å². The van der Waals surface area contributed by atoms with E-state index in [1.807, 2.05) is 35.0 Å². The van der Waals surface area contributed by atoms with E-state index in [0.29, 0.717) is 24.7 Å². The summed E-state index contributed by atoms with van der Waals surface area (Å²) in [4.78, 5) is 12.6. The molecule has 166 valence electrons. The Balaban J connectivity index is 1.63. The first-order valence-corrected chi connectivity index (χ1v) is 12.4. The van der Waals surface area contributed by atoms with Gasteiger partial charge in [0.1, 0.15) is 5.75 Å². The number of para-hydroxylation sites is 1. The van der Waals surface area contributed by atoms with E-state index in [-0.39, 0.29) is 23.7 Å². The molecule has 1 N–H and O–H groups in total. The highest BCUT2D eigenvalue weighted by molar-refractivity contribution is 7.89. The zero-order valence-electron chi connectivity index (χ0n) is 17.1. The molecule has 1 amide bonds. The Morgan fingerprint density at radius 3 is 2.59 bits per heavy atom. The second kappa shape index (κ2) is 10.1. The van der Waals surface area contributed by atoms with Crippen molar-refractivity contribution in [3.63, 3.8) is 0 Å². The van der Waals surface area contributed by atoms with Gasteiger partial charge < -0.3 is 14.8 Å². The molecule has 1 aliphatic heterocycles. The third-order valence-electron chi connectivity index (χ3n) is 4.76. The Bertz CT molecular complexity index is 1190. The number of carbonyl (C=O) groups is 1. The molecule has 0 unspecified atom stereocenters. The molecule has 1 aromatic heterocycles. The summed E-state index contributed by atoms with van der Waals surface area (Å²) in [6.07, 6.45) is 3.09. The van der Waals surface area contributed by atoms with Gasteiger partial charge in [-0.3, -0.25) is 4.79 Å². The summed E-state index contributed by atoms with van der Waals surface area (Å²) in [5, 5.41) is 6.59. The van der Waals surface area contributed by atoms with Crippen LogP contribution >= 0.6 is 11.3 Å². The van der Waals surface area contributed by atoms with Gasteiger partial charge in [0.05, 0.1) is 23.8 Å². The summed E-state index contributed by atoms with van der Waals surface area (Å²) in [5.74, 6) is 0.519. The number of nitrogens with one attached hydrogen (secondary N) is 1. The van der Waals surface area contributed by atoms with Gasteiger partial charge in [0.15, 0.2) is 5.75 Å². The molecule has 1 aliphatic rings. The Morgan fingerprint density at radius 1 is 1.09 bits per heavy atom. The second-order valence-corrected chi connectivity index (χ2v) is 9.69. The van der Waals surface area contributed by atoms with Gasteiger partial charge >= 0.3 is 0 Å². The molecule has 1 fully saturated rings. The molecule has 2 aromatic carbocycles. The van der Waals surface area contributed by atoms with E-state index in [2.05, 4.69) is 5.32 Å². The van der Waals surface area contributed by atoms with Crippen molar-refractivity contribution in [2.45, 2.75) is 4.90 Å². The lowest BCUT2D eigenvalue weighted by Crippen LogP contribution is -2.40. The maximum atomic E-state index is 13.1. The first-order chi connectivity index (χ1) is 15.5. The molecular weight excluding hydrogens is 448 g/mol. The second-order valence-electron chi connectivity index (χ2n) is 6.97. The molecule has 7 nitrogen and oxygen atoms in total. The van der Waals surface area contributed by atoms with E-state index in [4.69, 9.17) is 9.47 Å². The minimum atomic E-state index is -3.73. The van der Waals surface area contributed by atoms with Gasteiger partial charge in [0.2, 0.25) is 15.9 Å². The number of amides is 1. The predicted molar refractivity (Wildman–Crippen MR) is 125 cm³/mol. The number of carbonyl (C=O) groups excluding carboxylic acids is 1. The molecule has 1 saturated heterocycles. The van der Waals surface area contributed by atoms with Crippen LogP contribution in [-0.4, -0.2) is 44.9 Å². The van der Waals surface area contributed by atoms with Gasteiger partial charge in [-0.1, -0.05) is 18.2 Å². The van der Waals surface area contributed by atoms with Crippen molar-refractivity contribution in [1.29, 1.82) is 0 Å². The summed E-state index contributed by atoms with van der Waals surface area (Å²) in [5.41, 5.74) is 1.18. The lowest BCUT2D eigenvalue weighted by Gasteiger charge is -2.26. The van der Waals surface area contributed by atoms with Crippen LogP contribution in [0.2, 0.25) is 0 Å². The number of ether oxygens (including phenoxy) is 2. The zero-order valence-corrected chi connectivity index (χ0v) is 18.8. The van der Waals surface area contributed by atoms with Crippen molar-refractivity contribution < 1.29 is 22.7 Å². The summed E-state index contributed by atoms with van der Waals surface area (Å²) in [6.45, 7) is 1.28. The minimum Gasteiger partial charge on any atom is -0.455 e. The van der Waals surface area contributed by atoms with Crippen LogP contribution in [0.3, 0.4) is 0 Å². The molecular formula is C23H22N2O5S2. The van der Waals surface area contributed by atoms with Gasteiger partial charge in [0.25, 0.3) is 0 Å². The quantitative estimate of drug-likeness (QED) is 0.523. The van der Waals surface area contributed by atoms with Gasteiger partial charge in [-0.25, -0.2) is 8.42 Å². The Hall–Kier alpha value is -2.98. The maximum Gasteiger partial charge on any atom is 0.248 e. The number of thiophene rings is 1. The van der Waals surface area contributed by atoms with Crippen molar-refractivity contribution in [2.75, 3.05) is 31.6 Å². The molecule has 32 heavy (non-hydrogen) atoms. The highest BCUT2D eigenvalue weighted by Crippen LogP contribution is 2.33. The van der Waals surface area contributed by atoms with Crippen LogP contribution in [-0.2, 0) is 19.6 Å². The molecule has 0 aliphatic carbocycles. The van der Waals surface area contributed by atoms with Crippen LogP contribution in [0.1, 0.15) is 5.56 Å². The fourth-order valence-electron chi connectivity index (χ4n) is 3.12. The highest BCUT2D eigenvalue weighted by Gasteiger charge is 2.27. The number of anilines is 1. The van der Waals surface area contributed by atoms with Crippen molar-refractivity contribution in [3.05, 3.63) is 77.0 Å². The van der Waals surface area contributed by atoms with Crippen LogP contribution in [0.5, 0.6) is 11.5 Å². The summed E-state index contributed by atoms with van der Waals surface area (Å²) in [7, 11) is -3.73. The topological polar surface area (TPSA) is 84.9 Å². The number of rotatable bonds is 7. The average Bonchev–Trinajstić information content (AvgIpc) is 3.34. The normalized spacial score (nSPS) is 15.0. The molecule has 0 spiro atoms. The third-order valence-corrected chi connectivity index (χ3v) is 7.35. The first-order valence-electron chi connectivity index (χ1n) is 9.98. The van der Waals surface area contributed by atoms with Crippen LogP contribution in [0.4, 0.5) is 5.69 Å². The standard InChI is InChI=1S/C23H22N2O5S2/c26-23(9-6-18-10-15-31-17-18)24-21-16-20(32(27,28)25-11-13-29-14-12-25)7-8-22(21)30-19-4-2-1-3-5-19/h1-10,15-17H,11-14H2,(H,24,26)/b9-6+. The van der Waals surface area contributed by atoms with Gasteiger partial charge in [-0.05, 0) is 58.8 Å². The summed E-state index contributed by atoms with van der Waals surface area (Å²) >= 11 is 1.53. The molecule has 3 aromatic rings. The highest BCUT2D eigenvalue weighted by atomic mass is 32.2. The number of benzene rings is 2. The monoisotopic (exact) mass is 470 g/mol. The molecule has 0 radical (unpaired) electrons. The average molecular weight is 471 g/mol. The van der Waals surface area contributed by atoms with Crippen molar-refractivity contribution in [3.8, 4) is 11.5 Å². The molecule has 4 rings (SSSR count). The Labute approximate surface area is 191 Å². The summed E-state index contributed by atoms with van der Waals surface area (Å²) in [6, 6.07) is 15.4. The molecule has 0 bridgehead atoms. The SMILES string of the molecule is O=C(/C=C/c1ccsc1)Nc1cc(S(=O)(=O)N2CCOCC2)ccc1Oc1ccccc1. The van der Waals surface area contributed by atoms with Crippen LogP contribution in [0.15, 0.2) is 76.3 Å². The summed E-state index contributed by atoms with van der Waals surface area (Å²) < 4.78 is 38.7. The maximum absolute atomic E-state index is 13.1. The van der Waals surface area contributed by atoms with E-state index >= 15 is 0 Å². The molecule has 0 atom stereocenters. The van der Waals surface area contributed by atoms with E-state index in [1.54, 1.807) is 24.3 Å². The van der Waals surface area contributed by atoms with Gasteiger partial charge in [-0.15, -0.1) is 0 Å².